The number of anilines is 1. The maximum Gasteiger partial charge on any atom is 0.408 e. The molecule has 1 atom stereocenters. The first-order valence-corrected chi connectivity index (χ1v) is 13.2. The zero-order valence-electron chi connectivity index (χ0n) is 20.0. The monoisotopic (exact) mass is 498 g/mol. The lowest BCUT2D eigenvalue weighted by Gasteiger charge is -2.23. The van der Waals surface area contributed by atoms with Crippen molar-refractivity contribution in [1.82, 2.24) is 15.3 Å². The van der Waals surface area contributed by atoms with E-state index in [-0.39, 0.29) is 5.91 Å². The molecule has 0 aliphatic heterocycles. The molecule has 0 aliphatic carbocycles. The summed E-state index contributed by atoms with van der Waals surface area (Å²) in [5, 5.41) is 7.91. The number of carbonyl (C=O) groups is 2. The van der Waals surface area contributed by atoms with Gasteiger partial charge in [0.05, 0.1) is 5.69 Å². The van der Waals surface area contributed by atoms with Gasteiger partial charge in [0.2, 0.25) is 5.91 Å². The second-order valence-electron chi connectivity index (χ2n) is 8.77. The summed E-state index contributed by atoms with van der Waals surface area (Å²) in [5.74, 6) is 0.403. The summed E-state index contributed by atoms with van der Waals surface area (Å²) in [5.41, 5.74) is 4.20. The quantitative estimate of drug-likeness (QED) is 0.410. The van der Waals surface area contributed by atoms with Crippen LogP contribution in [0.4, 0.5) is 9.93 Å². The highest BCUT2D eigenvalue weighted by Gasteiger charge is 2.25. The number of hydrogen-bond donors (Lipinski definition) is 2. The fraction of sp³-hybridized carbons (Fsp3) is 0.360. The molecule has 1 unspecified atom stereocenters. The van der Waals surface area contributed by atoms with Crippen molar-refractivity contribution in [3.8, 4) is 22.4 Å². The molecule has 9 heteroatoms. The number of thioether (sulfide) groups is 1. The number of hydrogen-bond acceptors (Lipinski definition) is 7. The van der Waals surface area contributed by atoms with E-state index in [1.807, 2.05) is 48.9 Å². The van der Waals surface area contributed by atoms with E-state index in [4.69, 9.17) is 4.74 Å². The van der Waals surface area contributed by atoms with Crippen molar-refractivity contribution in [1.29, 1.82) is 0 Å². The minimum absolute atomic E-state index is 0.318. The van der Waals surface area contributed by atoms with Crippen LogP contribution in [0.15, 0.2) is 48.0 Å². The third-order valence-electron chi connectivity index (χ3n) is 4.74. The van der Waals surface area contributed by atoms with Crippen LogP contribution in [0.1, 0.15) is 32.9 Å². The van der Waals surface area contributed by atoms with Gasteiger partial charge in [0.25, 0.3) is 0 Å². The van der Waals surface area contributed by atoms with Crippen LogP contribution in [-0.2, 0) is 9.53 Å². The Labute approximate surface area is 208 Å². The van der Waals surface area contributed by atoms with E-state index >= 15 is 0 Å². The van der Waals surface area contributed by atoms with E-state index < -0.39 is 17.7 Å². The van der Waals surface area contributed by atoms with E-state index in [0.717, 1.165) is 33.8 Å². The summed E-state index contributed by atoms with van der Waals surface area (Å²) in [6.45, 7) is 7.31. The summed E-state index contributed by atoms with van der Waals surface area (Å²) in [7, 11) is 0. The van der Waals surface area contributed by atoms with Crippen LogP contribution in [0.25, 0.3) is 22.4 Å². The number of alkyl carbamates (subject to hydrolysis) is 1. The first-order chi connectivity index (χ1) is 16.1. The molecule has 0 saturated heterocycles. The number of carbonyl (C=O) groups excluding carboxylic acids is 2. The number of nitrogens with zero attached hydrogens (tertiary/aromatic N) is 2. The molecule has 2 N–H and O–H groups in total. The zero-order chi connectivity index (χ0) is 24.7. The Hall–Kier alpha value is -2.91. The van der Waals surface area contributed by atoms with Crippen molar-refractivity contribution in [2.45, 2.75) is 45.8 Å². The highest BCUT2D eigenvalue weighted by atomic mass is 32.2. The average molecular weight is 499 g/mol. The van der Waals surface area contributed by atoms with Gasteiger partial charge in [-0.1, -0.05) is 18.2 Å². The molecule has 0 saturated carbocycles. The number of amides is 2. The molecule has 0 radical (unpaired) electrons. The van der Waals surface area contributed by atoms with Crippen molar-refractivity contribution in [2.75, 3.05) is 17.3 Å². The zero-order valence-corrected chi connectivity index (χ0v) is 21.7. The maximum absolute atomic E-state index is 12.9. The number of thiazole rings is 1. The average Bonchev–Trinajstić information content (AvgIpc) is 3.24. The van der Waals surface area contributed by atoms with Gasteiger partial charge in [-0.05, 0) is 75.5 Å². The van der Waals surface area contributed by atoms with Crippen LogP contribution in [0.3, 0.4) is 0 Å². The number of pyridine rings is 1. The summed E-state index contributed by atoms with van der Waals surface area (Å²) in [4.78, 5) is 34.0. The number of aromatic nitrogens is 2. The summed E-state index contributed by atoms with van der Waals surface area (Å²) in [6.07, 6.45) is 3.62. The number of rotatable bonds is 8. The van der Waals surface area contributed by atoms with Gasteiger partial charge in [-0.3, -0.25) is 9.78 Å². The van der Waals surface area contributed by atoms with Gasteiger partial charge in [0.1, 0.15) is 11.6 Å². The second-order valence-corrected chi connectivity index (χ2v) is 10.6. The molecule has 3 rings (SSSR count). The molecule has 2 amide bonds. The molecule has 180 valence electrons. The lowest BCUT2D eigenvalue weighted by molar-refractivity contribution is -0.118. The predicted molar refractivity (Wildman–Crippen MR) is 140 cm³/mol. The topological polar surface area (TPSA) is 93.2 Å². The van der Waals surface area contributed by atoms with Gasteiger partial charge in [-0.2, -0.15) is 11.8 Å². The Morgan fingerprint density at radius 1 is 1.15 bits per heavy atom. The van der Waals surface area contributed by atoms with Gasteiger partial charge in [0.15, 0.2) is 5.13 Å². The van der Waals surface area contributed by atoms with E-state index in [1.165, 1.54) is 11.3 Å². The molecular formula is C25H30N4O3S2. The van der Waals surface area contributed by atoms with E-state index in [1.54, 1.807) is 38.7 Å². The second kappa shape index (κ2) is 11.5. The third kappa shape index (κ3) is 7.56. The largest absolute Gasteiger partial charge is 0.444 e. The molecule has 0 spiro atoms. The summed E-state index contributed by atoms with van der Waals surface area (Å²) < 4.78 is 5.31. The molecule has 0 bridgehead atoms. The number of nitrogens with one attached hydrogen (secondary N) is 2. The highest BCUT2D eigenvalue weighted by Crippen LogP contribution is 2.29. The number of benzene rings is 1. The van der Waals surface area contributed by atoms with Crippen LogP contribution in [0.5, 0.6) is 0 Å². The van der Waals surface area contributed by atoms with Crippen LogP contribution in [0, 0.1) is 6.92 Å². The van der Waals surface area contributed by atoms with Crippen molar-refractivity contribution in [3.63, 3.8) is 0 Å². The minimum atomic E-state index is -0.715. The molecule has 7 nitrogen and oxygen atoms in total. The lowest BCUT2D eigenvalue weighted by Crippen LogP contribution is -2.46. The van der Waals surface area contributed by atoms with Gasteiger partial charge in [-0.15, -0.1) is 11.3 Å². The Bertz CT molecular complexity index is 1140. The Balaban J connectivity index is 1.72. The number of ether oxygens (including phenoxy) is 1. The van der Waals surface area contributed by atoms with Crippen molar-refractivity contribution in [3.05, 3.63) is 53.7 Å². The van der Waals surface area contributed by atoms with Gasteiger partial charge in [0, 0.05) is 22.8 Å². The standard InChI is InChI=1S/C25H30N4O3S2/c1-16-13-18(9-11-26-16)17-7-6-8-19(14-17)21-15-34-23(27-21)29-22(30)20(10-12-33-5)28-24(31)32-25(2,3)4/h6-9,11,13-15,20H,10,12H2,1-5H3,(H,28,31)(H,27,29,30). The molecule has 3 aromatic rings. The van der Waals surface area contributed by atoms with E-state index in [2.05, 4.69) is 26.7 Å². The van der Waals surface area contributed by atoms with Crippen molar-refractivity contribution < 1.29 is 14.3 Å². The first kappa shape index (κ1) is 25.7. The third-order valence-corrected chi connectivity index (χ3v) is 6.14. The van der Waals surface area contributed by atoms with Crippen LogP contribution < -0.4 is 10.6 Å². The summed E-state index contributed by atoms with van der Waals surface area (Å²) in [6, 6.07) is 11.4. The molecule has 0 aliphatic rings. The number of aryl methyl sites for hydroxylation is 1. The predicted octanol–water partition coefficient (Wildman–Crippen LogP) is 5.77. The maximum atomic E-state index is 12.9. The Morgan fingerprint density at radius 3 is 2.59 bits per heavy atom. The molecule has 1 aromatic carbocycles. The smallest absolute Gasteiger partial charge is 0.408 e. The van der Waals surface area contributed by atoms with Gasteiger partial charge in [-0.25, -0.2) is 9.78 Å². The van der Waals surface area contributed by atoms with Crippen molar-refractivity contribution >= 4 is 40.2 Å². The minimum Gasteiger partial charge on any atom is -0.444 e. The molecule has 0 fully saturated rings. The van der Waals surface area contributed by atoms with Gasteiger partial charge < -0.3 is 15.4 Å². The molecule has 2 aromatic heterocycles. The first-order valence-electron chi connectivity index (χ1n) is 10.9. The highest BCUT2D eigenvalue weighted by molar-refractivity contribution is 7.98. The van der Waals surface area contributed by atoms with Crippen LogP contribution >= 0.6 is 23.1 Å². The Morgan fingerprint density at radius 2 is 1.88 bits per heavy atom. The summed E-state index contributed by atoms with van der Waals surface area (Å²) >= 11 is 2.95. The van der Waals surface area contributed by atoms with Gasteiger partial charge >= 0.3 is 6.09 Å². The van der Waals surface area contributed by atoms with E-state index in [9.17, 15) is 9.59 Å². The molecule has 2 heterocycles. The molecular weight excluding hydrogens is 468 g/mol. The Kier molecular flexibility index (Phi) is 8.68. The molecule has 34 heavy (non-hydrogen) atoms. The fourth-order valence-electron chi connectivity index (χ4n) is 3.19. The van der Waals surface area contributed by atoms with Crippen LogP contribution in [-0.4, -0.2) is 45.6 Å². The fourth-order valence-corrected chi connectivity index (χ4v) is 4.39. The lowest BCUT2D eigenvalue weighted by atomic mass is 10.0. The van der Waals surface area contributed by atoms with E-state index in [0.29, 0.717) is 11.6 Å². The SMILES string of the molecule is CSCCC(NC(=O)OC(C)(C)C)C(=O)Nc1nc(-c2cccc(-c3ccnc(C)c3)c2)cs1. The van der Waals surface area contributed by atoms with Crippen molar-refractivity contribution in [2.24, 2.45) is 0 Å². The normalized spacial score (nSPS) is 12.1. The van der Waals surface area contributed by atoms with Crippen LogP contribution in [0.2, 0.25) is 0 Å².